The number of aryl methyl sites for hydroxylation is 2. The fourth-order valence-corrected chi connectivity index (χ4v) is 3.85. The average molecular weight is 333 g/mol. The van der Waals surface area contributed by atoms with Crippen molar-refractivity contribution in [3.05, 3.63) is 46.2 Å². The van der Waals surface area contributed by atoms with E-state index in [0.29, 0.717) is 10.6 Å². The fraction of sp³-hybridized carbons (Fsp3) is 0.471. The van der Waals surface area contributed by atoms with Crippen LogP contribution in [0, 0.1) is 12.7 Å². The summed E-state index contributed by atoms with van der Waals surface area (Å²) < 4.78 is 16.9. The zero-order valence-electron chi connectivity index (χ0n) is 13.3. The van der Waals surface area contributed by atoms with Gasteiger partial charge in [-0.2, -0.15) is 0 Å². The molecule has 1 saturated heterocycles. The molecule has 3 rings (SSSR count). The molecule has 0 spiro atoms. The first-order valence-electron chi connectivity index (χ1n) is 7.92. The molecule has 23 heavy (non-hydrogen) atoms. The van der Waals surface area contributed by atoms with Crippen molar-refractivity contribution in [1.82, 2.24) is 14.5 Å². The van der Waals surface area contributed by atoms with E-state index in [9.17, 15) is 9.18 Å². The van der Waals surface area contributed by atoms with Crippen molar-refractivity contribution < 1.29 is 9.18 Å². The largest absolute Gasteiger partial charge is 0.332 e. The van der Waals surface area contributed by atoms with Crippen molar-refractivity contribution in [2.45, 2.75) is 51.6 Å². The normalized spacial score (nSPS) is 20.9. The van der Waals surface area contributed by atoms with Crippen LogP contribution in [0.25, 0.3) is 0 Å². The lowest BCUT2D eigenvalue weighted by molar-refractivity contribution is 0.0677. The van der Waals surface area contributed by atoms with Crippen molar-refractivity contribution >= 4 is 17.4 Å². The quantitative estimate of drug-likeness (QED) is 0.858. The first kappa shape index (κ1) is 16.1. The highest BCUT2D eigenvalue weighted by molar-refractivity contribution is 7.07. The van der Waals surface area contributed by atoms with Gasteiger partial charge >= 0.3 is 0 Å². The van der Waals surface area contributed by atoms with Crippen LogP contribution in [-0.4, -0.2) is 32.5 Å². The van der Waals surface area contributed by atoms with E-state index in [0.717, 1.165) is 31.2 Å². The minimum atomic E-state index is -0.215. The van der Waals surface area contributed by atoms with E-state index in [1.165, 1.54) is 23.7 Å². The Balaban J connectivity index is 1.70. The number of carbonyl (C=O) groups is 1. The Bertz CT molecular complexity index is 685. The van der Waals surface area contributed by atoms with Crippen LogP contribution in [0.1, 0.15) is 47.1 Å². The number of carbonyl (C=O) groups excluding carboxylic acids is 1. The van der Waals surface area contributed by atoms with Crippen LogP contribution in [0.3, 0.4) is 0 Å². The maximum Gasteiger partial charge on any atom is 0.267 e. The van der Waals surface area contributed by atoms with E-state index in [1.54, 1.807) is 0 Å². The summed E-state index contributed by atoms with van der Waals surface area (Å²) in [6.45, 7) is 3.92. The summed E-state index contributed by atoms with van der Waals surface area (Å²) in [6, 6.07) is 7.07. The third kappa shape index (κ3) is 3.42. The molecular formula is C17H20FN3OS. The van der Waals surface area contributed by atoms with Crippen LogP contribution in [0.15, 0.2) is 24.3 Å². The minimum absolute atomic E-state index is 0.0478. The topological polar surface area (TPSA) is 46.1 Å². The second-order valence-electron chi connectivity index (χ2n) is 6.15. The molecule has 0 radical (unpaired) electrons. The lowest BCUT2D eigenvalue weighted by Crippen LogP contribution is -2.40. The Morgan fingerprint density at radius 1 is 1.35 bits per heavy atom. The molecule has 2 heterocycles. The first-order valence-corrected chi connectivity index (χ1v) is 8.69. The Labute approximate surface area is 139 Å². The molecule has 0 aliphatic carbocycles. The van der Waals surface area contributed by atoms with E-state index >= 15 is 0 Å². The molecule has 1 amide bonds. The van der Waals surface area contributed by atoms with Crippen LogP contribution in [-0.2, 0) is 6.42 Å². The maximum atomic E-state index is 13.0. The molecule has 0 saturated carbocycles. The Hall–Kier alpha value is -1.82. The molecule has 1 fully saturated rings. The summed E-state index contributed by atoms with van der Waals surface area (Å²) in [5, 5.41) is 3.95. The van der Waals surface area contributed by atoms with Gasteiger partial charge in [0.25, 0.3) is 5.91 Å². The SMILES string of the molecule is Cc1nnsc1C(=O)N1[C@@H](CCc2ccc(F)cc2)CC[C@H]1C. The van der Waals surface area contributed by atoms with Crippen molar-refractivity contribution in [2.75, 3.05) is 0 Å². The van der Waals surface area contributed by atoms with Crippen LogP contribution >= 0.6 is 11.5 Å². The molecule has 122 valence electrons. The Morgan fingerprint density at radius 2 is 2.09 bits per heavy atom. The second-order valence-corrected chi connectivity index (χ2v) is 6.90. The molecule has 1 aliphatic heterocycles. The number of likely N-dealkylation sites (tertiary alicyclic amines) is 1. The van der Waals surface area contributed by atoms with Crippen LogP contribution in [0.5, 0.6) is 0 Å². The summed E-state index contributed by atoms with van der Waals surface area (Å²) in [5.74, 6) is -0.167. The lowest BCUT2D eigenvalue weighted by atomic mass is 10.0. The van der Waals surface area contributed by atoms with E-state index in [2.05, 4.69) is 16.5 Å². The number of rotatable bonds is 4. The van der Waals surface area contributed by atoms with Gasteiger partial charge in [0.2, 0.25) is 0 Å². The van der Waals surface area contributed by atoms with Crippen molar-refractivity contribution in [3.8, 4) is 0 Å². The zero-order chi connectivity index (χ0) is 16.4. The number of halogens is 1. The summed E-state index contributed by atoms with van der Waals surface area (Å²) in [6.07, 6.45) is 3.78. The molecule has 0 N–H and O–H groups in total. The standard InChI is InChI=1S/C17H20FN3OS/c1-11-3-9-15(10-6-13-4-7-14(18)8-5-13)21(11)17(22)16-12(2)19-20-23-16/h4-5,7-8,11,15H,3,6,9-10H2,1-2H3/t11-,15-/m1/s1. The van der Waals surface area contributed by atoms with Gasteiger partial charge in [-0.1, -0.05) is 16.6 Å². The van der Waals surface area contributed by atoms with E-state index in [1.807, 2.05) is 24.0 Å². The number of nitrogens with zero attached hydrogens (tertiary/aromatic N) is 3. The fourth-order valence-electron chi connectivity index (χ4n) is 3.25. The van der Waals surface area contributed by atoms with Gasteiger partial charge in [0, 0.05) is 12.1 Å². The van der Waals surface area contributed by atoms with E-state index in [4.69, 9.17) is 0 Å². The Morgan fingerprint density at radius 3 is 2.74 bits per heavy atom. The third-order valence-electron chi connectivity index (χ3n) is 4.55. The number of hydrogen-bond donors (Lipinski definition) is 0. The van der Waals surface area contributed by atoms with Crippen LogP contribution in [0.2, 0.25) is 0 Å². The number of hydrogen-bond acceptors (Lipinski definition) is 4. The van der Waals surface area contributed by atoms with Crippen LogP contribution in [0.4, 0.5) is 4.39 Å². The predicted octanol–water partition coefficient (Wildman–Crippen LogP) is 3.61. The average Bonchev–Trinajstić information content (AvgIpc) is 3.12. The summed E-state index contributed by atoms with van der Waals surface area (Å²) in [5.41, 5.74) is 1.81. The van der Waals surface area contributed by atoms with Gasteiger partial charge in [-0.15, -0.1) is 5.10 Å². The number of aromatic nitrogens is 2. The van der Waals surface area contributed by atoms with E-state index < -0.39 is 0 Å². The second kappa shape index (κ2) is 6.74. The van der Waals surface area contributed by atoms with Gasteiger partial charge in [0.05, 0.1) is 5.69 Å². The van der Waals surface area contributed by atoms with Crippen molar-refractivity contribution in [3.63, 3.8) is 0 Å². The monoisotopic (exact) mass is 333 g/mol. The van der Waals surface area contributed by atoms with Crippen molar-refractivity contribution in [2.24, 2.45) is 0 Å². The van der Waals surface area contributed by atoms with Crippen LogP contribution < -0.4 is 0 Å². The van der Waals surface area contributed by atoms with Crippen molar-refractivity contribution in [1.29, 1.82) is 0 Å². The molecule has 2 atom stereocenters. The van der Waals surface area contributed by atoms with E-state index in [-0.39, 0.29) is 23.8 Å². The number of benzene rings is 1. The molecule has 2 aromatic rings. The Kier molecular flexibility index (Phi) is 4.71. The summed E-state index contributed by atoms with van der Waals surface area (Å²) in [4.78, 5) is 15.4. The molecule has 0 unspecified atom stereocenters. The van der Waals surface area contributed by atoms with Gasteiger partial charge in [0.15, 0.2) is 0 Å². The maximum absolute atomic E-state index is 13.0. The molecule has 6 heteroatoms. The zero-order valence-corrected chi connectivity index (χ0v) is 14.1. The summed E-state index contributed by atoms with van der Waals surface area (Å²) >= 11 is 1.17. The van der Waals surface area contributed by atoms with Gasteiger partial charge in [0.1, 0.15) is 10.7 Å². The molecule has 0 bridgehead atoms. The minimum Gasteiger partial charge on any atom is -0.332 e. The highest BCUT2D eigenvalue weighted by atomic mass is 32.1. The smallest absolute Gasteiger partial charge is 0.267 e. The van der Waals surface area contributed by atoms with Gasteiger partial charge in [-0.3, -0.25) is 4.79 Å². The molecular weight excluding hydrogens is 313 g/mol. The predicted molar refractivity (Wildman–Crippen MR) is 88.0 cm³/mol. The number of amides is 1. The van der Waals surface area contributed by atoms with Gasteiger partial charge in [-0.05, 0) is 68.8 Å². The molecule has 1 aromatic carbocycles. The van der Waals surface area contributed by atoms with Gasteiger partial charge < -0.3 is 4.90 Å². The third-order valence-corrected chi connectivity index (χ3v) is 5.36. The highest BCUT2D eigenvalue weighted by Crippen LogP contribution is 2.30. The van der Waals surface area contributed by atoms with Gasteiger partial charge in [-0.25, -0.2) is 4.39 Å². The lowest BCUT2D eigenvalue weighted by Gasteiger charge is -2.28. The highest BCUT2D eigenvalue weighted by Gasteiger charge is 2.35. The summed E-state index contributed by atoms with van der Waals surface area (Å²) in [7, 11) is 0. The first-order chi connectivity index (χ1) is 11.1. The molecule has 4 nitrogen and oxygen atoms in total. The molecule has 1 aromatic heterocycles. The molecule has 1 aliphatic rings.